The first-order valence-electron chi connectivity index (χ1n) is 4.35. The van der Waals surface area contributed by atoms with Gasteiger partial charge in [-0.1, -0.05) is 0 Å². The number of thiol groups is 1. The topological polar surface area (TPSA) is 87.3 Å². The van der Waals surface area contributed by atoms with Gasteiger partial charge in [0.15, 0.2) is 6.04 Å². The van der Waals surface area contributed by atoms with Crippen molar-refractivity contribution in [1.82, 2.24) is 16.0 Å². The van der Waals surface area contributed by atoms with Crippen LogP contribution in [0.5, 0.6) is 0 Å². The molecule has 1 unspecified atom stereocenters. The van der Waals surface area contributed by atoms with E-state index in [0.717, 1.165) is 0 Å². The van der Waals surface area contributed by atoms with E-state index in [0.29, 0.717) is 0 Å². The maximum absolute atomic E-state index is 11.3. The SMILES string of the molecule is CNC(=O)C(NC(=O)C(C)S)C(=O)NC. The van der Waals surface area contributed by atoms with Crippen LogP contribution >= 0.6 is 12.6 Å². The average molecular weight is 233 g/mol. The van der Waals surface area contributed by atoms with E-state index < -0.39 is 29.0 Å². The van der Waals surface area contributed by atoms with Gasteiger partial charge in [-0.2, -0.15) is 12.6 Å². The molecule has 0 heterocycles. The molecule has 7 heteroatoms. The van der Waals surface area contributed by atoms with E-state index in [1.54, 1.807) is 6.92 Å². The summed E-state index contributed by atoms with van der Waals surface area (Å²) in [7, 11) is 2.77. The minimum absolute atomic E-state index is 0.476. The molecule has 0 aliphatic heterocycles. The third-order valence-corrected chi connectivity index (χ3v) is 1.92. The van der Waals surface area contributed by atoms with Gasteiger partial charge in [0, 0.05) is 14.1 Å². The van der Waals surface area contributed by atoms with Gasteiger partial charge < -0.3 is 16.0 Å². The van der Waals surface area contributed by atoms with Crippen LogP contribution in [-0.2, 0) is 14.4 Å². The van der Waals surface area contributed by atoms with Crippen molar-refractivity contribution in [3.8, 4) is 0 Å². The van der Waals surface area contributed by atoms with E-state index in [2.05, 4.69) is 28.6 Å². The van der Waals surface area contributed by atoms with Crippen molar-refractivity contribution in [2.45, 2.75) is 18.2 Å². The molecule has 15 heavy (non-hydrogen) atoms. The lowest BCUT2D eigenvalue weighted by atomic mass is 10.2. The standard InChI is InChI=1S/C8H15N3O3S/c1-4(15)6(12)11-5(7(13)9-2)8(14)10-3/h4-5,15H,1-3H3,(H,9,13)(H,10,14)(H,11,12). The van der Waals surface area contributed by atoms with Crippen LogP contribution in [0.4, 0.5) is 0 Å². The predicted molar refractivity (Wildman–Crippen MR) is 58.5 cm³/mol. The van der Waals surface area contributed by atoms with Crippen LogP contribution < -0.4 is 16.0 Å². The molecule has 86 valence electrons. The second kappa shape index (κ2) is 6.28. The Labute approximate surface area is 93.6 Å². The fraction of sp³-hybridized carbons (Fsp3) is 0.625. The van der Waals surface area contributed by atoms with E-state index in [4.69, 9.17) is 0 Å². The molecule has 0 saturated carbocycles. The molecule has 0 aromatic rings. The highest BCUT2D eigenvalue weighted by atomic mass is 32.1. The summed E-state index contributed by atoms with van der Waals surface area (Å²) in [6.07, 6.45) is 0. The van der Waals surface area contributed by atoms with Crippen LogP contribution in [0, 0.1) is 0 Å². The van der Waals surface area contributed by atoms with Crippen molar-refractivity contribution in [2.24, 2.45) is 0 Å². The molecular formula is C8H15N3O3S. The van der Waals surface area contributed by atoms with Crippen LogP contribution in [0.3, 0.4) is 0 Å². The van der Waals surface area contributed by atoms with Crippen LogP contribution in [0.25, 0.3) is 0 Å². The molecule has 1 atom stereocenters. The number of carbonyl (C=O) groups is 3. The molecule has 3 N–H and O–H groups in total. The molecule has 0 bridgehead atoms. The predicted octanol–water partition coefficient (Wildman–Crippen LogP) is -1.72. The van der Waals surface area contributed by atoms with E-state index >= 15 is 0 Å². The van der Waals surface area contributed by atoms with Gasteiger partial charge in [-0.05, 0) is 6.92 Å². The fourth-order valence-corrected chi connectivity index (χ4v) is 0.876. The lowest BCUT2D eigenvalue weighted by molar-refractivity contribution is -0.136. The van der Waals surface area contributed by atoms with E-state index in [9.17, 15) is 14.4 Å². The quantitative estimate of drug-likeness (QED) is 0.344. The highest BCUT2D eigenvalue weighted by molar-refractivity contribution is 7.81. The van der Waals surface area contributed by atoms with Crippen molar-refractivity contribution in [3.05, 3.63) is 0 Å². The minimum Gasteiger partial charge on any atom is -0.357 e. The first-order valence-corrected chi connectivity index (χ1v) is 4.87. The maximum Gasteiger partial charge on any atom is 0.252 e. The normalized spacial score (nSPS) is 11.8. The van der Waals surface area contributed by atoms with E-state index in [1.807, 2.05) is 0 Å². The smallest absolute Gasteiger partial charge is 0.252 e. The zero-order valence-electron chi connectivity index (χ0n) is 8.83. The number of amides is 3. The number of likely N-dealkylation sites (N-methyl/N-ethyl adjacent to an activating group) is 2. The number of hydrogen-bond donors (Lipinski definition) is 4. The first kappa shape index (κ1) is 13.8. The van der Waals surface area contributed by atoms with Crippen molar-refractivity contribution in [3.63, 3.8) is 0 Å². The van der Waals surface area contributed by atoms with Crippen LogP contribution in [-0.4, -0.2) is 43.1 Å². The van der Waals surface area contributed by atoms with Gasteiger partial charge in [0.25, 0.3) is 11.8 Å². The number of nitrogens with one attached hydrogen (secondary N) is 3. The molecular weight excluding hydrogens is 218 g/mol. The van der Waals surface area contributed by atoms with Crippen molar-refractivity contribution >= 4 is 30.4 Å². The zero-order chi connectivity index (χ0) is 12.0. The fourth-order valence-electron chi connectivity index (χ4n) is 0.802. The molecule has 0 aromatic carbocycles. The number of hydrogen-bond acceptors (Lipinski definition) is 4. The summed E-state index contributed by atoms with van der Waals surface area (Å²) >= 11 is 3.89. The summed E-state index contributed by atoms with van der Waals surface area (Å²) in [6, 6.07) is -1.22. The molecule has 0 aliphatic rings. The van der Waals surface area contributed by atoms with Gasteiger partial charge in [0.2, 0.25) is 5.91 Å². The summed E-state index contributed by atoms with van der Waals surface area (Å²) in [5.74, 6) is -1.62. The maximum atomic E-state index is 11.3. The Balaban J connectivity index is 4.59. The molecule has 6 nitrogen and oxygen atoms in total. The Bertz CT molecular complexity index is 252. The van der Waals surface area contributed by atoms with Gasteiger partial charge in [0.1, 0.15) is 0 Å². The summed E-state index contributed by atoms with van der Waals surface area (Å²) in [6.45, 7) is 1.54. The monoisotopic (exact) mass is 233 g/mol. The van der Waals surface area contributed by atoms with Crippen LogP contribution in [0.15, 0.2) is 0 Å². The Morgan fingerprint density at radius 2 is 1.40 bits per heavy atom. The lowest BCUT2D eigenvalue weighted by Gasteiger charge is -2.16. The highest BCUT2D eigenvalue weighted by Gasteiger charge is 2.27. The average Bonchev–Trinajstić information content (AvgIpc) is 2.23. The molecule has 3 amide bonds. The number of carbonyl (C=O) groups excluding carboxylic acids is 3. The van der Waals surface area contributed by atoms with Crippen LogP contribution in [0.1, 0.15) is 6.92 Å². The van der Waals surface area contributed by atoms with Crippen molar-refractivity contribution in [2.75, 3.05) is 14.1 Å². The molecule has 0 aliphatic carbocycles. The van der Waals surface area contributed by atoms with E-state index in [-0.39, 0.29) is 0 Å². The summed E-state index contributed by atoms with van der Waals surface area (Å²) in [5, 5.41) is 6.27. The van der Waals surface area contributed by atoms with Crippen molar-refractivity contribution in [1.29, 1.82) is 0 Å². The van der Waals surface area contributed by atoms with Gasteiger partial charge in [0.05, 0.1) is 5.25 Å². The Morgan fingerprint density at radius 1 is 1.00 bits per heavy atom. The molecule has 0 saturated heterocycles. The Hall–Kier alpha value is -1.24. The second-order valence-electron chi connectivity index (χ2n) is 2.85. The van der Waals surface area contributed by atoms with Crippen LogP contribution in [0.2, 0.25) is 0 Å². The van der Waals surface area contributed by atoms with Gasteiger partial charge in [-0.3, -0.25) is 14.4 Å². The summed E-state index contributed by atoms with van der Waals surface area (Å²) < 4.78 is 0. The third kappa shape index (κ3) is 4.20. The first-order chi connectivity index (χ1) is 6.93. The summed E-state index contributed by atoms with van der Waals surface area (Å²) in [4.78, 5) is 33.8. The Morgan fingerprint density at radius 3 is 1.67 bits per heavy atom. The molecule has 0 radical (unpaired) electrons. The van der Waals surface area contributed by atoms with Gasteiger partial charge in [-0.15, -0.1) is 0 Å². The van der Waals surface area contributed by atoms with Gasteiger partial charge >= 0.3 is 0 Å². The molecule has 0 rings (SSSR count). The summed E-state index contributed by atoms with van der Waals surface area (Å²) in [5.41, 5.74) is 0. The second-order valence-corrected chi connectivity index (χ2v) is 3.62. The number of rotatable bonds is 4. The van der Waals surface area contributed by atoms with E-state index in [1.165, 1.54) is 14.1 Å². The van der Waals surface area contributed by atoms with Gasteiger partial charge in [-0.25, -0.2) is 0 Å². The highest BCUT2D eigenvalue weighted by Crippen LogP contribution is 1.94. The Kier molecular flexibility index (Phi) is 5.76. The molecule has 0 spiro atoms. The third-order valence-electron chi connectivity index (χ3n) is 1.68. The molecule has 0 aromatic heterocycles. The van der Waals surface area contributed by atoms with Crippen molar-refractivity contribution < 1.29 is 14.4 Å². The minimum atomic E-state index is -1.22. The largest absolute Gasteiger partial charge is 0.357 e. The zero-order valence-corrected chi connectivity index (χ0v) is 9.72. The molecule has 0 fully saturated rings. The lowest BCUT2D eigenvalue weighted by Crippen LogP contribution is -2.55.